The monoisotopic (exact) mass is 354 g/mol. The zero-order valence-corrected chi connectivity index (χ0v) is 15.3. The van der Waals surface area contributed by atoms with Gasteiger partial charge in [0.05, 0.1) is 12.5 Å². The lowest BCUT2D eigenvalue weighted by Crippen LogP contribution is -2.51. The zero-order valence-electron chi connectivity index (χ0n) is 15.3. The Hall–Kier alpha value is -2.21. The van der Waals surface area contributed by atoms with Gasteiger partial charge in [0, 0.05) is 26.2 Å². The van der Waals surface area contributed by atoms with Gasteiger partial charge in [-0.1, -0.05) is 35.5 Å². The van der Waals surface area contributed by atoms with Crippen molar-refractivity contribution < 1.29 is 9.32 Å². The summed E-state index contributed by atoms with van der Waals surface area (Å²) in [6.45, 7) is 5.77. The lowest BCUT2D eigenvalue weighted by Gasteiger charge is -2.39. The van der Waals surface area contributed by atoms with E-state index in [-0.39, 0.29) is 11.8 Å². The lowest BCUT2D eigenvalue weighted by atomic mass is 9.90. The van der Waals surface area contributed by atoms with Crippen LogP contribution in [-0.2, 0) is 11.2 Å². The van der Waals surface area contributed by atoms with Gasteiger partial charge in [-0.25, -0.2) is 0 Å². The maximum atomic E-state index is 12.5. The van der Waals surface area contributed by atoms with E-state index in [9.17, 15) is 4.79 Å². The van der Waals surface area contributed by atoms with Crippen LogP contribution >= 0.6 is 0 Å². The summed E-state index contributed by atoms with van der Waals surface area (Å²) >= 11 is 0. The van der Waals surface area contributed by atoms with Crippen molar-refractivity contribution in [3.63, 3.8) is 0 Å². The van der Waals surface area contributed by atoms with Gasteiger partial charge in [0.25, 0.3) is 0 Å². The van der Waals surface area contributed by atoms with Gasteiger partial charge in [-0.05, 0) is 37.7 Å². The van der Waals surface area contributed by atoms with Crippen LogP contribution in [0.1, 0.15) is 36.0 Å². The molecule has 0 bridgehead atoms. The molecule has 0 aliphatic carbocycles. The van der Waals surface area contributed by atoms with Gasteiger partial charge >= 0.3 is 0 Å². The van der Waals surface area contributed by atoms with E-state index in [1.54, 1.807) is 0 Å². The topological polar surface area (TPSA) is 62.5 Å². The largest absolute Gasteiger partial charge is 0.342 e. The average molecular weight is 354 g/mol. The molecular weight excluding hydrogens is 328 g/mol. The average Bonchev–Trinajstić information content (AvgIpc) is 3.05. The highest BCUT2D eigenvalue weighted by Crippen LogP contribution is 2.26. The lowest BCUT2D eigenvalue weighted by molar-refractivity contribution is -0.135. The standard InChI is InChI=1S/C20H26N4O2/c1-15-21-20(26-22-15)18-12-23(13-18)14-19(25)24-9-7-17(8-10-24)11-16-5-3-2-4-6-16/h2-6,17-18H,7-14H2,1H3. The Morgan fingerprint density at radius 2 is 1.92 bits per heavy atom. The van der Waals surface area contributed by atoms with E-state index in [0.717, 1.165) is 45.4 Å². The zero-order chi connectivity index (χ0) is 17.9. The van der Waals surface area contributed by atoms with Gasteiger partial charge in [-0.2, -0.15) is 4.98 Å². The third kappa shape index (κ3) is 3.96. The van der Waals surface area contributed by atoms with Crippen LogP contribution < -0.4 is 0 Å². The molecule has 2 aliphatic rings. The van der Waals surface area contributed by atoms with Crippen molar-refractivity contribution in [1.82, 2.24) is 19.9 Å². The Kier molecular flexibility index (Phi) is 5.02. The Balaban J connectivity index is 1.19. The molecule has 1 amide bonds. The minimum atomic E-state index is 0.253. The third-order valence-corrected chi connectivity index (χ3v) is 5.54. The molecule has 0 radical (unpaired) electrons. The van der Waals surface area contributed by atoms with E-state index < -0.39 is 0 Å². The first kappa shape index (κ1) is 17.2. The highest BCUT2D eigenvalue weighted by atomic mass is 16.5. The Bertz CT molecular complexity index is 731. The minimum Gasteiger partial charge on any atom is -0.342 e. The number of benzene rings is 1. The summed E-state index contributed by atoms with van der Waals surface area (Å²) in [7, 11) is 0. The van der Waals surface area contributed by atoms with Gasteiger partial charge in [0.15, 0.2) is 5.82 Å². The van der Waals surface area contributed by atoms with E-state index in [1.165, 1.54) is 5.56 Å². The number of hydrogen-bond acceptors (Lipinski definition) is 5. The Morgan fingerprint density at radius 1 is 1.19 bits per heavy atom. The molecule has 0 unspecified atom stereocenters. The van der Waals surface area contributed by atoms with Gasteiger partial charge in [0.2, 0.25) is 11.8 Å². The first-order valence-electron chi connectivity index (χ1n) is 9.51. The molecule has 0 atom stereocenters. The minimum absolute atomic E-state index is 0.253. The van der Waals surface area contributed by atoms with E-state index >= 15 is 0 Å². The van der Waals surface area contributed by atoms with Gasteiger partial charge in [-0.15, -0.1) is 0 Å². The van der Waals surface area contributed by atoms with Crippen molar-refractivity contribution in [3.8, 4) is 0 Å². The number of aryl methyl sites for hydroxylation is 1. The molecule has 2 saturated heterocycles. The molecular formula is C20H26N4O2. The molecule has 0 spiro atoms. The number of carbonyl (C=O) groups excluding carboxylic acids is 1. The molecule has 6 nitrogen and oxygen atoms in total. The molecule has 0 N–H and O–H groups in total. The molecule has 2 fully saturated rings. The van der Waals surface area contributed by atoms with Crippen molar-refractivity contribution >= 4 is 5.91 Å². The van der Waals surface area contributed by atoms with Crippen LogP contribution in [0, 0.1) is 12.8 Å². The summed E-state index contributed by atoms with van der Waals surface area (Å²) in [6.07, 6.45) is 3.33. The smallest absolute Gasteiger partial charge is 0.236 e. The molecule has 4 rings (SSSR count). The summed E-state index contributed by atoms with van der Waals surface area (Å²) in [4.78, 5) is 21.0. The molecule has 26 heavy (non-hydrogen) atoms. The molecule has 6 heteroatoms. The SMILES string of the molecule is Cc1noc(C2CN(CC(=O)N3CCC(Cc4ccccc4)CC3)C2)n1. The highest BCUT2D eigenvalue weighted by molar-refractivity contribution is 5.78. The fourth-order valence-electron chi connectivity index (χ4n) is 3.96. The third-order valence-electron chi connectivity index (χ3n) is 5.54. The fraction of sp³-hybridized carbons (Fsp3) is 0.550. The highest BCUT2D eigenvalue weighted by Gasteiger charge is 2.34. The van der Waals surface area contributed by atoms with Crippen molar-refractivity contribution in [2.75, 3.05) is 32.7 Å². The molecule has 2 aliphatic heterocycles. The van der Waals surface area contributed by atoms with Gasteiger partial charge < -0.3 is 9.42 Å². The number of hydrogen-bond donors (Lipinski definition) is 0. The summed E-state index contributed by atoms with van der Waals surface area (Å²) in [5.74, 6) is 2.60. The van der Waals surface area contributed by atoms with Crippen LogP contribution in [0.5, 0.6) is 0 Å². The van der Waals surface area contributed by atoms with Gasteiger partial charge in [-0.3, -0.25) is 9.69 Å². The van der Waals surface area contributed by atoms with Crippen molar-refractivity contribution in [2.24, 2.45) is 5.92 Å². The van der Waals surface area contributed by atoms with Crippen LogP contribution in [-0.4, -0.2) is 58.6 Å². The molecule has 138 valence electrons. The van der Waals surface area contributed by atoms with E-state index in [0.29, 0.717) is 24.2 Å². The maximum absolute atomic E-state index is 12.5. The molecule has 0 saturated carbocycles. The summed E-state index contributed by atoms with van der Waals surface area (Å²) in [6, 6.07) is 10.7. The first-order chi connectivity index (χ1) is 12.7. The van der Waals surface area contributed by atoms with Crippen molar-refractivity contribution in [2.45, 2.75) is 32.1 Å². The van der Waals surface area contributed by atoms with E-state index in [2.05, 4.69) is 45.4 Å². The second-order valence-electron chi connectivity index (χ2n) is 7.58. The Morgan fingerprint density at radius 3 is 2.58 bits per heavy atom. The summed E-state index contributed by atoms with van der Waals surface area (Å²) < 4.78 is 5.22. The number of carbonyl (C=O) groups is 1. The number of amides is 1. The first-order valence-corrected chi connectivity index (χ1v) is 9.51. The second kappa shape index (κ2) is 7.58. The maximum Gasteiger partial charge on any atom is 0.236 e. The molecule has 1 aromatic carbocycles. The van der Waals surface area contributed by atoms with Crippen LogP contribution in [0.3, 0.4) is 0 Å². The molecule has 2 aromatic rings. The van der Waals surface area contributed by atoms with Gasteiger partial charge in [0.1, 0.15) is 0 Å². The quantitative estimate of drug-likeness (QED) is 0.824. The van der Waals surface area contributed by atoms with Crippen LogP contribution in [0.25, 0.3) is 0 Å². The number of likely N-dealkylation sites (tertiary alicyclic amines) is 2. The van der Waals surface area contributed by atoms with Crippen LogP contribution in [0.4, 0.5) is 0 Å². The summed E-state index contributed by atoms with van der Waals surface area (Å²) in [5, 5.41) is 3.84. The van der Waals surface area contributed by atoms with Crippen molar-refractivity contribution in [1.29, 1.82) is 0 Å². The second-order valence-corrected chi connectivity index (χ2v) is 7.58. The number of rotatable bonds is 5. The van der Waals surface area contributed by atoms with Crippen LogP contribution in [0.2, 0.25) is 0 Å². The van der Waals surface area contributed by atoms with E-state index in [1.807, 2.05) is 11.8 Å². The molecule has 3 heterocycles. The Labute approximate surface area is 154 Å². The summed E-state index contributed by atoms with van der Waals surface area (Å²) in [5.41, 5.74) is 1.40. The predicted molar refractivity (Wildman–Crippen MR) is 97.7 cm³/mol. The number of nitrogens with zero attached hydrogens (tertiary/aromatic N) is 4. The van der Waals surface area contributed by atoms with Crippen LogP contribution in [0.15, 0.2) is 34.9 Å². The predicted octanol–water partition coefficient (Wildman–Crippen LogP) is 2.26. The van der Waals surface area contributed by atoms with Crippen molar-refractivity contribution in [3.05, 3.63) is 47.6 Å². The molecule has 1 aromatic heterocycles. The number of piperidine rings is 1. The van der Waals surface area contributed by atoms with E-state index in [4.69, 9.17) is 4.52 Å². The normalized spacial score (nSPS) is 19.5. The number of aromatic nitrogens is 2. The fourth-order valence-corrected chi connectivity index (χ4v) is 3.96.